The molecule has 1 aliphatic heterocycles. The molecule has 1 saturated heterocycles. The zero-order valence-corrected chi connectivity index (χ0v) is 14.2. The van der Waals surface area contributed by atoms with Gasteiger partial charge in [0.05, 0.1) is 5.75 Å². The van der Waals surface area contributed by atoms with E-state index < -0.39 is 10.0 Å². The van der Waals surface area contributed by atoms with Crippen LogP contribution in [-0.4, -0.2) is 55.5 Å². The minimum atomic E-state index is -3.19. The third kappa shape index (κ3) is 5.00. The van der Waals surface area contributed by atoms with Crippen molar-refractivity contribution in [3.63, 3.8) is 0 Å². The molecule has 0 bridgehead atoms. The Balaban J connectivity index is 1.87. The summed E-state index contributed by atoms with van der Waals surface area (Å²) in [5.41, 5.74) is 0.921. The van der Waals surface area contributed by atoms with Gasteiger partial charge in [0.15, 0.2) is 0 Å². The summed E-state index contributed by atoms with van der Waals surface area (Å²) < 4.78 is 38.2. The van der Waals surface area contributed by atoms with Crippen molar-refractivity contribution in [2.24, 2.45) is 0 Å². The van der Waals surface area contributed by atoms with E-state index in [1.807, 2.05) is 0 Å². The van der Waals surface area contributed by atoms with E-state index in [9.17, 15) is 17.6 Å². The molecule has 1 fully saturated rings. The van der Waals surface area contributed by atoms with Crippen LogP contribution in [0.3, 0.4) is 0 Å². The number of nitrogens with zero attached hydrogens (tertiary/aromatic N) is 2. The molecule has 1 heterocycles. The standard InChI is InChI=1S/C16H23FN2O3S/c1-2-23(21,22)19-11-3-10-18(12-13-19)16(20)9-6-14-4-7-15(17)8-5-14/h4-5,7-8H,2-3,6,9-13H2,1H3. The van der Waals surface area contributed by atoms with E-state index in [4.69, 9.17) is 0 Å². The van der Waals surface area contributed by atoms with Crippen LogP contribution in [0.2, 0.25) is 0 Å². The summed E-state index contributed by atoms with van der Waals surface area (Å²) in [7, 11) is -3.19. The first kappa shape index (κ1) is 17.9. The van der Waals surface area contributed by atoms with Crippen LogP contribution in [0, 0.1) is 5.82 Å². The topological polar surface area (TPSA) is 57.7 Å². The molecule has 1 aliphatic rings. The maximum Gasteiger partial charge on any atom is 0.222 e. The van der Waals surface area contributed by atoms with Crippen molar-refractivity contribution in [2.45, 2.75) is 26.2 Å². The van der Waals surface area contributed by atoms with Crippen molar-refractivity contribution in [3.05, 3.63) is 35.6 Å². The highest BCUT2D eigenvalue weighted by Crippen LogP contribution is 2.11. The number of benzene rings is 1. The predicted molar refractivity (Wildman–Crippen MR) is 87.0 cm³/mol. The number of carbonyl (C=O) groups is 1. The molecule has 0 aliphatic carbocycles. The van der Waals surface area contributed by atoms with Crippen molar-refractivity contribution in [1.82, 2.24) is 9.21 Å². The van der Waals surface area contributed by atoms with Crippen LogP contribution in [0.1, 0.15) is 25.3 Å². The second kappa shape index (κ2) is 7.88. The second-order valence-corrected chi connectivity index (χ2v) is 7.92. The SMILES string of the molecule is CCS(=O)(=O)N1CCCN(C(=O)CCc2ccc(F)cc2)CC1. The number of rotatable bonds is 5. The maximum atomic E-state index is 12.9. The fourth-order valence-electron chi connectivity index (χ4n) is 2.66. The smallest absolute Gasteiger partial charge is 0.222 e. The van der Waals surface area contributed by atoms with Gasteiger partial charge in [-0.2, -0.15) is 0 Å². The average Bonchev–Trinajstić information content (AvgIpc) is 2.80. The number of sulfonamides is 1. The molecular weight excluding hydrogens is 319 g/mol. The molecule has 0 aromatic heterocycles. The summed E-state index contributed by atoms with van der Waals surface area (Å²) in [6.07, 6.45) is 1.57. The zero-order chi connectivity index (χ0) is 16.9. The van der Waals surface area contributed by atoms with E-state index >= 15 is 0 Å². The Hall–Kier alpha value is -1.47. The lowest BCUT2D eigenvalue weighted by molar-refractivity contribution is -0.131. The van der Waals surface area contributed by atoms with Gasteiger partial charge in [0.1, 0.15) is 5.82 Å². The van der Waals surface area contributed by atoms with Gasteiger partial charge in [-0.1, -0.05) is 12.1 Å². The second-order valence-electron chi connectivity index (χ2n) is 5.66. The molecule has 23 heavy (non-hydrogen) atoms. The van der Waals surface area contributed by atoms with Crippen molar-refractivity contribution in [1.29, 1.82) is 0 Å². The lowest BCUT2D eigenvalue weighted by Crippen LogP contribution is -2.38. The summed E-state index contributed by atoms with van der Waals surface area (Å²) in [5.74, 6) is -0.180. The van der Waals surface area contributed by atoms with E-state index in [2.05, 4.69) is 0 Å². The van der Waals surface area contributed by atoms with Gasteiger partial charge in [0, 0.05) is 32.6 Å². The predicted octanol–water partition coefficient (Wildman–Crippen LogP) is 1.64. The molecule has 0 saturated carbocycles. The van der Waals surface area contributed by atoms with E-state index in [0.717, 1.165) is 5.56 Å². The van der Waals surface area contributed by atoms with Crippen LogP contribution in [0.4, 0.5) is 4.39 Å². The van der Waals surface area contributed by atoms with Crippen LogP contribution in [0.15, 0.2) is 24.3 Å². The molecular formula is C16H23FN2O3S. The Bertz CT molecular complexity index is 631. The fourth-order valence-corrected chi connectivity index (χ4v) is 3.80. The minimum absolute atomic E-state index is 0.0186. The van der Waals surface area contributed by atoms with Crippen LogP contribution in [0.5, 0.6) is 0 Å². The molecule has 1 amide bonds. The molecule has 128 valence electrons. The minimum Gasteiger partial charge on any atom is -0.341 e. The van der Waals surface area contributed by atoms with Crippen LogP contribution >= 0.6 is 0 Å². The number of hydrogen-bond acceptors (Lipinski definition) is 3. The van der Waals surface area contributed by atoms with Gasteiger partial charge in [-0.15, -0.1) is 0 Å². The fraction of sp³-hybridized carbons (Fsp3) is 0.562. The number of carbonyl (C=O) groups excluding carboxylic acids is 1. The molecule has 2 rings (SSSR count). The molecule has 1 aromatic carbocycles. The number of hydrogen-bond donors (Lipinski definition) is 0. The Kier molecular flexibility index (Phi) is 6.12. The largest absolute Gasteiger partial charge is 0.341 e. The highest BCUT2D eigenvalue weighted by molar-refractivity contribution is 7.89. The summed E-state index contributed by atoms with van der Waals surface area (Å²) in [4.78, 5) is 14.0. The molecule has 0 N–H and O–H groups in total. The Morgan fingerprint density at radius 3 is 2.48 bits per heavy atom. The molecule has 5 nitrogen and oxygen atoms in total. The summed E-state index contributed by atoms with van der Waals surface area (Å²) in [6, 6.07) is 6.14. The summed E-state index contributed by atoms with van der Waals surface area (Å²) in [6.45, 7) is 3.47. The van der Waals surface area contributed by atoms with Gasteiger partial charge in [0.25, 0.3) is 0 Å². The van der Waals surface area contributed by atoms with Gasteiger partial charge in [-0.3, -0.25) is 4.79 Å². The molecule has 0 atom stereocenters. The average molecular weight is 342 g/mol. The Morgan fingerprint density at radius 1 is 1.13 bits per heavy atom. The molecule has 0 unspecified atom stereocenters. The highest BCUT2D eigenvalue weighted by Gasteiger charge is 2.25. The van der Waals surface area contributed by atoms with Crippen molar-refractivity contribution >= 4 is 15.9 Å². The monoisotopic (exact) mass is 342 g/mol. The summed E-state index contributed by atoms with van der Waals surface area (Å²) >= 11 is 0. The zero-order valence-electron chi connectivity index (χ0n) is 13.4. The van der Waals surface area contributed by atoms with Crippen LogP contribution in [0.25, 0.3) is 0 Å². The van der Waals surface area contributed by atoms with Crippen LogP contribution in [-0.2, 0) is 21.2 Å². The van der Waals surface area contributed by atoms with Crippen molar-refractivity contribution in [2.75, 3.05) is 31.9 Å². The quantitative estimate of drug-likeness (QED) is 0.817. The number of amides is 1. The number of halogens is 1. The highest BCUT2D eigenvalue weighted by atomic mass is 32.2. The van der Waals surface area contributed by atoms with Crippen molar-refractivity contribution in [3.8, 4) is 0 Å². The first-order valence-electron chi connectivity index (χ1n) is 7.92. The maximum absolute atomic E-state index is 12.9. The molecule has 0 radical (unpaired) electrons. The molecule has 7 heteroatoms. The third-order valence-corrected chi connectivity index (χ3v) is 5.99. The van der Waals surface area contributed by atoms with Gasteiger partial charge in [-0.25, -0.2) is 17.1 Å². The first-order valence-corrected chi connectivity index (χ1v) is 9.53. The van der Waals surface area contributed by atoms with Gasteiger partial charge >= 0.3 is 0 Å². The number of aryl methyl sites for hydroxylation is 1. The summed E-state index contributed by atoms with van der Waals surface area (Å²) in [5, 5.41) is 0. The third-order valence-electron chi connectivity index (χ3n) is 4.11. The molecule has 0 spiro atoms. The van der Waals surface area contributed by atoms with Gasteiger partial charge < -0.3 is 4.90 Å². The van der Waals surface area contributed by atoms with E-state index in [0.29, 0.717) is 45.4 Å². The van der Waals surface area contributed by atoms with Crippen LogP contribution < -0.4 is 0 Å². The lowest BCUT2D eigenvalue weighted by Gasteiger charge is -2.21. The van der Waals surface area contributed by atoms with E-state index in [-0.39, 0.29) is 17.5 Å². The van der Waals surface area contributed by atoms with Gasteiger partial charge in [0.2, 0.25) is 15.9 Å². The van der Waals surface area contributed by atoms with E-state index in [1.54, 1.807) is 24.0 Å². The molecule has 1 aromatic rings. The van der Waals surface area contributed by atoms with E-state index in [1.165, 1.54) is 16.4 Å². The Morgan fingerprint density at radius 2 is 1.83 bits per heavy atom. The lowest BCUT2D eigenvalue weighted by atomic mass is 10.1. The van der Waals surface area contributed by atoms with Gasteiger partial charge in [-0.05, 0) is 37.5 Å². The first-order chi connectivity index (χ1) is 10.9. The normalized spacial score (nSPS) is 17.0. The Labute approximate surface area is 137 Å². The van der Waals surface area contributed by atoms with Crippen molar-refractivity contribution < 1.29 is 17.6 Å².